The maximum absolute atomic E-state index is 12.7. The quantitative estimate of drug-likeness (QED) is 0.820. The Kier molecular flexibility index (Phi) is 3.95. The van der Waals surface area contributed by atoms with Gasteiger partial charge in [0, 0.05) is 6.42 Å². The van der Waals surface area contributed by atoms with Crippen molar-refractivity contribution in [1.82, 2.24) is 10.6 Å². The maximum Gasteiger partial charge on any atom is 0.237 e. The molecule has 2 N–H and O–H groups in total. The van der Waals surface area contributed by atoms with Crippen molar-refractivity contribution in [3.8, 4) is 0 Å². The minimum Gasteiger partial charge on any atom is -0.320 e. The molecule has 1 unspecified atom stereocenters. The van der Waals surface area contributed by atoms with Crippen LogP contribution in [-0.2, 0) is 15.0 Å². The molecule has 0 bridgehead atoms. The molecule has 0 saturated carbocycles. The zero-order valence-electron chi connectivity index (χ0n) is 12.3. The highest BCUT2D eigenvalue weighted by Gasteiger charge is 2.55. The molecule has 0 spiro atoms. The Bertz CT molecular complexity index is 510. The largest absolute Gasteiger partial charge is 0.320 e. The van der Waals surface area contributed by atoms with Gasteiger partial charge in [0.05, 0.1) is 5.41 Å². The van der Waals surface area contributed by atoms with Gasteiger partial charge in [0.15, 0.2) is 0 Å². The summed E-state index contributed by atoms with van der Waals surface area (Å²) in [5, 5.41) is 5.64. The third-order valence-corrected chi connectivity index (χ3v) is 4.41. The normalized spacial score (nSPS) is 25.4. The molecule has 0 radical (unpaired) electrons. The van der Waals surface area contributed by atoms with Crippen LogP contribution in [0.5, 0.6) is 0 Å². The number of carbonyl (C=O) groups excluding carboxylic acids is 2. The highest BCUT2D eigenvalue weighted by Crippen LogP contribution is 2.48. The van der Waals surface area contributed by atoms with Crippen LogP contribution in [0.3, 0.4) is 0 Å². The number of imide groups is 1. The van der Waals surface area contributed by atoms with Crippen molar-refractivity contribution in [1.29, 1.82) is 0 Å². The molecule has 1 aliphatic rings. The molecule has 0 aromatic heterocycles. The molecule has 1 saturated heterocycles. The van der Waals surface area contributed by atoms with Crippen molar-refractivity contribution < 1.29 is 9.59 Å². The van der Waals surface area contributed by atoms with Crippen LogP contribution in [0.15, 0.2) is 30.3 Å². The predicted octanol–water partition coefficient (Wildman–Crippen LogP) is 1.61. The minimum atomic E-state index is -0.675. The van der Waals surface area contributed by atoms with E-state index in [1.165, 1.54) is 0 Å². The summed E-state index contributed by atoms with van der Waals surface area (Å²) >= 11 is 0. The average molecular weight is 274 g/mol. The first-order valence-electron chi connectivity index (χ1n) is 6.98. The fourth-order valence-electron chi connectivity index (χ4n) is 3.29. The molecular formula is C16H22N2O2. The zero-order chi connectivity index (χ0) is 14.8. The van der Waals surface area contributed by atoms with E-state index in [1.54, 1.807) is 0 Å². The smallest absolute Gasteiger partial charge is 0.237 e. The molecule has 4 heteroatoms. The topological polar surface area (TPSA) is 58.2 Å². The fourth-order valence-corrected chi connectivity index (χ4v) is 3.29. The zero-order valence-corrected chi connectivity index (χ0v) is 12.3. The van der Waals surface area contributed by atoms with Crippen LogP contribution >= 0.6 is 0 Å². The Balaban J connectivity index is 2.55. The first-order valence-corrected chi connectivity index (χ1v) is 6.98. The second-order valence-corrected chi connectivity index (χ2v) is 6.06. The van der Waals surface area contributed by atoms with Gasteiger partial charge in [-0.2, -0.15) is 0 Å². The molecule has 1 fully saturated rings. The molecule has 1 aromatic carbocycles. The second kappa shape index (κ2) is 5.37. The van der Waals surface area contributed by atoms with Gasteiger partial charge in [-0.3, -0.25) is 14.9 Å². The standard InChI is InChI=1S/C16H22N2O2/c1-15(2)11-13(19)18-14(20)16(15,9-10-17-3)12-7-5-4-6-8-12/h4-8,17H,9-11H2,1-3H3,(H,18,19,20). The predicted molar refractivity (Wildman–Crippen MR) is 78.2 cm³/mol. The average Bonchev–Trinajstić information content (AvgIpc) is 2.38. The lowest BCUT2D eigenvalue weighted by Crippen LogP contribution is -2.61. The van der Waals surface area contributed by atoms with Crippen LogP contribution in [0.2, 0.25) is 0 Å². The third-order valence-electron chi connectivity index (χ3n) is 4.41. The molecule has 1 aliphatic heterocycles. The van der Waals surface area contributed by atoms with Crippen molar-refractivity contribution in [2.24, 2.45) is 5.41 Å². The Morgan fingerprint density at radius 2 is 1.85 bits per heavy atom. The Morgan fingerprint density at radius 3 is 2.40 bits per heavy atom. The summed E-state index contributed by atoms with van der Waals surface area (Å²) in [6.45, 7) is 4.73. The van der Waals surface area contributed by atoms with Gasteiger partial charge < -0.3 is 5.32 Å². The molecule has 1 aromatic rings. The Morgan fingerprint density at radius 1 is 1.20 bits per heavy atom. The number of amides is 2. The molecule has 1 atom stereocenters. The maximum atomic E-state index is 12.7. The Hall–Kier alpha value is -1.68. The van der Waals surface area contributed by atoms with Crippen LogP contribution in [-0.4, -0.2) is 25.4 Å². The lowest BCUT2D eigenvalue weighted by molar-refractivity contribution is -0.145. The molecule has 2 rings (SSSR count). The molecule has 2 amide bonds. The van der Waals surface area contributed by atoms with Gasteiger partial charge >= 0.3 is 0 Å². The molecule has 1 heterocycles. The van der Waals surface area contributed by atoms with Gasteiger partial charge in [-0.15, -0.1) is 0 Å². The van der Waals surface area contributed by atoms with Crippen LogP contribution in [0.25, 0.3) is 0 Å². The summed E-state index contributed by atoms with van der Waals surface area (Å²) in [6.07, 6.45) is 1.02. The van der Waals surface area contributed by atoms with Crippen LogP contribution < -0.4 is 10.6 Å². The second-order valence-electron chi connectivity index (χ2n) is 6.06. The number of carbonyl (C=O) groups is 2. The van der Waals surface area contributed by atoms with Gasteiger partial charge in [-0.05, 0) is 31.0 Å². The van der Waals surface area contributed by atoms with Gasteiger partial charge in [-0.25, -0.2) is 0 Å². The Labute approximate surface area is 119 Å². The first-order chi connectivity index (χ1) is 9.44. The number of benzene rings is 1. The molecule has 0 aliphatic carbocycles. The number of piperidine rings is 1. The summed E-state index contributed by atoms with van der Waals surface area (Å²) in [5.74, 6) is -0.365. The van der Waals surface area contributed by atoms with Crippen molar-refractivity contribution in [3.63, 3.8) is 0 Å². The van der Waals surface area contributed by atoms with Crippen molar-refractivity contribution in [3.05, 3.63) is 35.9 Å². The molecular weight excluding hydrogens is 252 g/mol. The van der Waals surface area contributed by atoms with Crippen molar-refractivity contribution in [2.45, 2.75) is 32.1 Å². The van der Waals surface area contributed by atoms with E-state index in [-0.39, 0.29) is 11.8 Å². The number of hydrogen-bond acceptors (Lipinski definition) is 3. The first kappa shape index (κ1) is 14.7. The van der Waals surface area contributed by atoms with E-state index >= 15 is 0 Å². The summed E-state index contributed by atoms with van der Waals surface area (Å²) in [5.41, 5.74) is -0.110. The molecule has 20 heavy (non-hydrogen) atoms. The third kappa shape index (κ3) is 2.24. The van der Waals surface area contributed by atoms with Crippen LogP contribution in [0.1, 0.15) is 32.3 Å². The van der Waals surface area contributed by atoms with E-state index in [0.717, 1.165) is 12.1 Å². The lowest BCUT2D eigenvalue weighted by atomic mass is 9.56. The molecule has 108 valence electrons. The van der Waals surface area contributed by atoms with Crippen LogP contribution in [0.4, 0.5) is 0 Å². The van der Waals surface area contributed by atoms with Crippen molar-refractivity contribution >= 4 is 11.8 Å². The minimum absolute atomic E-state index is 0.180. The van der Waals surface area contributed by atoms with E-state index in [0.29, 0.717) is 12.8 Å². The highest BCUT2D eigenvalue weighted by atomic mass is 16.2. The lowest BCUT2D eigenvalue weighted by Gasteiger charge is -2.48. The summed E-state index contributed by atoms with van der Waals surface area (Å²) in [6, 6.07) is 9.78. The monoisotopic (exact) mass is 274 g/mol. The van der Waals surface area contributed by atoms with Crippen LogP contribution in [0, 0.1) is 5.41 Å². The van der Waals surface area contributed by atoms with E-state index in [9.17, 15) is 9.59 Å². The van der Waals surface area contributed by atoms with E-state index < -0.39 is 10.8 Å². The summed E-state index contributed by atoms with van der Waals surface area (Å²) in [4.78, 5) is 24.4. The summed E-state index contributed by atoms with van der Waals surface area (Å²) < 4.78 is 0. The van der Waals surface area contributed by atoms with Crippen molar-refractivity contribution in [2.75, 3.05) is 13.6 Å². The fraction of sp³-hybridized carbons (Fsp3) is 0.500. The van der Waals surface area contributed by atoms with E-state index in [4.69, 9.17) is 0 Å². The van der Waals surface area contributed by atoms with Gasteiger partial charge in [0.25, 0.3) is 0 Å². The number of nitrogens with one attached hydrogen (secondary N) is 2. The summed E-state index contributed by atoms with van der Waals surface area (Å²) in [7, 11) is 1.87. The number of hydrogen-bond donors (Lipinski definition) is 2. The van der Waals surface area contributed by atoms with E-state index in [1.807, 2.05) is 51.2 Å². The number of rotatable bonds is 4. The van der Waals surface area contributed by atoms with Gasteiger partial charge in [0.1, 0.15) is 0 Å². The molecule has 4 nitrogen and oxygen atoms in total. The van der Waals surface area contributed by atoms with Gasteiger partial charge in [-0.1, -0.05) is 44.2 Å². The van der Waals surface area contributed by atoms with Gasteiger partial charge in [0.2, 0.25) is 11.8 Å². The SMILES string of the molecule is CNCCC1(c2ccccc2)C(=O)NC(=O)CC1(C)C. The highest BCUT2D eigenvalue weighted by molar-refractivity contribution is 6.04. The van der Waals surface area contributed by atoms with E-state index in [2.05, 4.69) is 10.6 Å².